The number of carbonyl (C=O) groups is 1. The molecule has 6 heteroatoms. The number of rotatable bonds is 3. The van der Waals surface area contributed by atoms with Crippen LogP contribution in [0.2, 0.25) is 5.02 Å². The third-order valence-corrected chi connectivity index (χ3v) is 3.70. The van der Waals surface area contributed by atoms with E-state index in [2.05, 4.69) is 10.3 Å². The molecule has 0 aliphatic heterocycles. The molecule has 1 heterocycles. The van der Waals surface area contributed by atoms with Crippen molar-refractivity contribution in [2.45, 2.75) is 6.43 Å². The maximum absolute atomic E-state index is 12.8. The highest BCUT2D eigenvalue weighted by atomic mass is 35.5. The number of alkyl halides is 2. The predicted octanol–water partition coefficient (Wildman–Crippen LogP) is 5.08. The van der Waals surface area contributed by atoms with Gasteiger partial charge in [0.25, 0.3) is 12.3 Å². The van der Waals surface area contributed by atoms with Gasteiger partial charge in [0.1, 0.15) is 0 Å². The minimum absolute atomic E-state index is 0.141. The van der Waals surface area contributed by atoms with Crippen molar-refractivity contribution in [3.63, 3.8) is 0 Å². The lowest BCUT2D eigenvalue weighted by Gasteiger charge is -2.10. The fourth-order valence-electron chi connectivity index (χ4n) is 2.25. The van der Waals surface area contributed by atoms with Gasteiger partial charge in [-0.25, -0.2) is 8.78 Å². The van der Waals surface area contributed by atoms with E-state index in [9.17, 15) is 13.6 Å². The largest absolute Gasteiger partial charge is 0.321 e. The molecule has 116 valence electrons. The van der Waals surface area contributed by atoms with Crippen LogP contribution in [0, 0.1) is 0 Å². The van der Waals surface area contributed by atoms with Crippen LogP contribution in [0.4, 0.5) is 14.5 Å². The summed E-state index contributed by atoms with van der Waals surface area (Å²) < 4.78 is 25.6. The fraction of sp³-hybridized carbons (Fsp3) is 0.0588. The zero-order valence-corrected chi connectivity index (χ0v) is 12.5. The number of hydrogen-bond donors (Lipinski definition) is 1. The van der Waals surface area contributed by atoms with Gasteiger partial charge in [0.2, 0.25) is 0 Å². The summed E-state index contributed by atoms with van der Waals surface area (Å²) in [6.45, 7) is 0. The van der Waals surface area contributed by atoms with Gasteiger partial charge < -0.3 is 5.32 Å². The molecule has 0 saturated carbocycles. The molecule has 0 fully saturated rings. The smallest absolute Gasteiger partial charge is 0.263 e. The monoisotopic (exact) mass is 332 g/mol. The predicted molar refractivity (Wildman–Crippen MR) is 86.1 cm³/mol. The van der Waals surface area contributed by atoms with Gasteiger partial charge in [-0.3, -0.25) is 9.78 Å². The molecule has 0 bridgehead atoms. The molecule has 1 aromatic heterocycles. The molecule has 0 atom stereocenters. The lowest BCUT2D eigenvalue weighted by atomic mass is 10.1. The summed E-state index contributed by atoms with van der Waals surface area (Å²) in [5, 5.41) is 3.57. The number of para-hydroxylation sites is 1. The van der Waals surface area contributed by atoms with Crippen molar-refractivity contribution in [1.29, 1.82) is 0 Å². The number of nitrogens with zero attached hydrogens (tertiary/aromatic N) is 1. The number of aromatic nitrogens is 1. The van der Waals surface area contributed by atoms with Crippen LogP contribution in [-0.4, -0.2) is 10.9 Å². The molecular weight excluding hydrogens is 322 g/mol. The van der Waals surface area contributed by atoms with Gasteiger partial charge in [-0.2, -0.15) is 0 Å². The zero-order chi connectivity index (χ0) is 16.4. The van der Waals surface area contributed by atoms with Crippen molar-refractivity contribution in [3.05, 3.63) is 70.9 Å². The first kappa shape index (κ1) is 15.4. The van der Waals surface area contributed by atoms with Gasteiger partial charge in [-0.05, 0) is 24.3 Å². The molecule has 3 aromatic rings. The second-order valence-electron chi connectivity index (χ2n) is 4.87. The SMILES string of the molecule is O=C(Nc1cc(C(F)F)ccc1Cl)c1cccc2cccnc12. The summed E-state index contributed by atoms with van der Waals surface area (Å²) in [6, 6.07) is 12.5. The molecule has 3 rings (SSSR count). The first-order valence-electron chi connectivity index (χ1n) is 6.79. The first-order chi connectivity index (χ1) is 11.1. The third kappa shape index (κ3) is 3.14. The Morgan fingerprint density at radius 1 is 1.13 bits per heavy atom. The number of benzene rings is 2. The summed E-state index contributed by atoms with van der Waals surface area (Å²) in [7, 11) is 0. The Kier molecular flexibility index (Phi) is 4.21. The van der Waals surface area contributed by atoms with E-state index < -0.39 is 12.3 Å². The van der Waals surface area contributed by atoms with Gasteiger partial charge in [-0.1, -0.05) is 35.9 Å². The average Bonchev–Trinajstić information content (AvgIpc) is 2.56. The van der Waals surface area contributed by atoms with Crippen LogP contribution < -0.4 is 5.32 Å². The summed E-state index contributed by atoms with van der Waals surface area (Å²) in [4.78, 5) is 16.7. The number of anilines is 1. The molecule has 23 heavy (non-hydrogen) atoms. The maximum Gasteiger partial charge on any atom is 0.263 e. The number of carbonyl (C=O) groups excluding carboxylic acids is 1. The van der Waals surface area contributed by atoms with E-state index in [-0.39, 0.29) is 16.3 Å². The molecular formula is C17H11ClF2N2O. The van der Waals surface area contributed by atoms with Crippen molar-refractivity contribution in [2.75, 3.05) is 5.32 Å². The molecule has 0 saturated heterocycles. The minimum Gasteiger partial charge on any atom is -0.321 e. The van der Waals surface area contributed by atoms with E-state index in [1.54, 1.807) is 24.4 Å². The number of fused-ring (bicyclic) bond motifs is 1. The second-order valence-corrected chi connectivity index (χ2v) is 5.28. The van der Waals surface area contributed by atoms with Gasteiger partial charge >= 0.3 is 0 Å². The van der Waals surface area contributed by atoms with E-state index in [4.69, 9.17) is 11.6 Å². The van der Waals surface area contributed by atoms with Crippen molar-refractivity contribution in [2.24, 2.45) is 0 Å². The third-order valence-electron chi connectivity index (χ3n) is 3.37. The summed E-state index contributed by atoms with van der Waals surface area (Å²) >= 11 is 5.98. The van der Waals surface area contributed by atoms with E-state index in [0.29, 0.717) is 11.1 Å². The van der Waals surface area contributed by atoms with Crippen molar-refractivity contribution >= 4 is 34.1 Å². The summed E-state index contributed by atoms with van der Waals surface area (Å²) in [5.74, 6) is -0.456. The molecule has 3 nitrogen and oxygen atoms in total. The van der Waals surface area contributed by atoms with Crippen molar-refractivity contribution in [3.8, 4) is 0 Å². The molecule has 0 aliphatic rings. The number of pyridine rings is 1. The van der Waals surface area contributed by atoms with Crippen LogP contribution in [0.3, 0.4) is 0 Å². The highest BCUT2D eigenvalue weighted by molar-refractivity contribution is 6.34. The first-order valence-corrected chi connectivity index (χ1v) is 7.17. The van der Waals surface area contributed by atoms with Crippen LogP contribution in [-0.2, 0) is 0 Å². The van der Waals surface area contributed by atoms with Crippen LogP contribution >= 0.6 is 11.6 Å². The van der Waals surface area contributed by atoms with Gasteiger partial charge in [0.15, 0.2) is 0 Å². The van der Waals surface area contributed by atoms with Gasteiger partial charge in [-0.15, -0.1) is 0 Å². The highest BCUT2D eigenvalue weighted by Crippen LogP contribution is 2.29. The van der Waals surface area contributed by atoms with Crippen LogP contribution in [0.25, 0.3) is 10.9 Å². The molecule has 0 radical (unpaired) electrons. The molecule has 1 N–H and O–H groups in total. The quantitative estimate of drug-likeness (QED) is 0.727. The van der Waals surface area contributed by atoms with E-state index in [0.717, 1.165) is 5.39 Å². The van der Waals surface area contributed by atoms with Crippen molar-refractivity contribution < 1.29 is 13.6 Å². The highest BCUT2D eigenvalue weighted by Gasteiger charge is 2.15. The number of nitrogens with one attached hydrogen (secondary N) is 1. The van der Waals surface area contributed by atoms with Crippen LogP contribution in [0.1, 0.15) is 22.3 Å². The lowest BCUT2D eigenvalue weighted by Crippen LogP contribution is -2.13. The van der Waals surface area contributed by atoms with E-state index in [1.165, 1.54) is 18.2 Å². The lowest BCUT2D eigenvalue weighted by molar-refractivity contribution is 0.102. The number of hydrogen-bond acceptors (Lipinski definition) is 2. The van der Waals surface area contributed by atoms with E-state index in [1.807, 2.05) is 12.1 Å². The van der Waals surface area contributed by atoms with Gasteiger partial charge in [0, 0.05) is 17.1 Å². The Morgan fingerprint density at radius 3 is 2.70 bits per heavy atom. The molecule has 2 aromatic carbocycles. The Balaban J connectivity index is 1.97. The van der Waals surface area contributed by atoms with Gasteiger partial charge in [0.05, 0.1) is 21.8 Å². The Hall–Kier alpha value is -2.53. The topological polar surface area (TPSA) is 42.0 Å². The minimum atomic E-state index is -2.64. The van der Waals surface area contributed by atoms with Crippen molar-refractivity contribution in [1.82, 2.24) is 4.98 Å². The molecule has 0 unspecified atom stereocenters. The Labute approximate surface area is 135 Å². The molecule has 0 spiro atoms. The zero-order valence-electron chi connectivity index (χ0n) is 11.8. The van der Waals surface area contributed by atoms with Crippen LogP contribution in [0.15, 0.2) is 54.7 Å². The average molecular weight is 333 g/mol. The Morgan fingerprint density at radius 2 is 1.91 bits per heavy atom. The van der Waals surface area contributed by atoms with E-state index >= 15 is 0 Å². The fourth-order valence-corrected chi connectivity index (χ4v) is 2.42. The Bertz CT molecular complexity index is 878. The number of halogens is 3. The summed E-state index contributed by atoms with van der Waals surface area (Å²) in [6.07, 6.45) is -1.05. The standard InChI is InChI=1S/C17H11ClF2N2O/c18-13-7-6-11(16(19)20)9-14(13)22-17(23)12-5-1-3-10-4-2-8-21-15(10)12/h1-9,16H,(H,22,23). The maximum atomic E-state index is 12.8. The molecule has 0 aliphatic carbocycles. The molecule has 1 amide bonds. The summed E-state index contributed by atoms with van der Waals surface area (Å²) in [5.41, 5.74) is 0.818. The number of amides is 1. The van der Waals surface area contributed by atoms with Crippen LogP contribution in [0.5, 0.6) is 0 Å². The second kappa shape index (κ2) is 6.30. The normalized spacial score (nSPS) is 11.0.